The number of ether oxygens (including phenoxy) is 3. The summed E-state index contributed by atoms with van der Waals surface area (Å²) < 4.78 is 22.0. The van der Waals surface area contributed by atoms with Crippen LogP contribution in [0.1, 0.15) is 41.1 Å². The van der Waals surface area contributed by atoms with Gasteiger partial charge in [-0.3, -0.25) is 14.4 Å². The molecule has 2 N–H and O–H groups in total. The number of fused-ring (bicyclic) bond motifs is 3. The molecule has 1 heterocycles. The second-order valence-corrected chi connectivity index (χ2v) is 8.03. The van der Waals surface area contributed by atoms with Crippen LogP contribution in [0.15, 0.2) is 51.9 Å². The van der Waals surface area contributed by atoms with Crippen LogP contribution in [0.3, 0.4) is 0 Å². The maximum absolute atomic E-state index is 13.2. The van der Waals surface area contributed by atoms with Crippen molar-refractivity contribution in [3.8, 4) is 28.4 Å². The molecule has 0 fully saturated rings. The van der Waals surface area contributed by atoms with Crippen molar-refractivity contribution < 1.29 is 28.2 Å². The highest BCUT2D eigenvalue weighted by molar-refractivity contribution is 6.02. The average Bonchev–Trinajstić information content (AvgIpc) is 3.29. The Morgan fingerprint density at radius 2 is 1.80 bits per heavy atom. The Balaban J connectivity index is 1.96. The number of hydrogen-bond donors (Lipinski definition) is 2. The molecule has 0 saturated heterocycles. The van der Waals surface area contributed by atoms with Crippen molar-refractivity contribution >= 4 is 17.5 Å². The van der Waals surface area contributed by atoms with Crippen LogP contribution >= 0.6 is 0 Å². The largest absolute Gasteiger partial charge is 0.493 e. The van der Waals surface area contributed by atoms with Crippen molar-refractivity contribution in [2.45, 2.75) is 25.8 Å². The zero-order valence-electron chi connectivity index (χ0n) is 19.9. The van der Waals surface area contributed by atoms with Gasteiger partial charge in [0.25, 0.3) is 5.91 Å². The Morgan fingerprint density at radius 1 is 1.03 bits per heavy atom. The summed E-state index contributed by atoms with van der Waals surface area (Å²) in [6, 6.07) is 9.25. The van der Waals surface area contributed by atoms with Gasteiger partial charge in [-0.05, 0) is 59.9 Å². The minimum atomic E-state index is -0.545. The zero-order chi connectivity index (χ0) is 25.1. The Morgan fingerprint density at radius 3 is 2.43 bits per heavy atom. The number of carbonyl (C=O) groups is 2. The maximum Gasteiger partial charge on any atom is 0.291 e. The van der Waals surface area contributed by atoms with Gasteiger partial charge in [0.2, 0.25) is 17.1 Å². The first kappa shape index (κ1) is 23.9. The minimum absolute atomic E-state index is 0.0713. The summed E-state index contributed by atoms with van der Waals surface area (Å²) >= 11 is 0. The quantitative estimate of drug-likeness (QED) is 0.555. The third-order valence-corrected chi connectivity index (χ3v) is 5.91. The fourth-order valence-corrected chi connectivity index (χ4v) is 4.40. The summed E-state index contributed by atoms with van der Waals surface area (Å²) in [6.45, 7) is 1.43. The monoisotopic (exact) mass is 478 g/mol. The van der Waals surface area contributed by atoms with Gasteiger partial charge in [0.05, 0.1) is 39.3 Å². The number of nitrogens with one attached hydrogen (secondary N) is 2. The standard InChI is InChI=1S/C26H26N2O7/c1-14(29)27-18-9-7-15-12-22(32-2)24(33-3)25(34-4)23(15)16-8-10-19(20(30)13-17(16)18)28-26(31)21-6-5-11-35-21/h5-6,8,10-13,18H,7,9H2,1-4H3,(H,27,29)(H,28,30,31)/t18-/m1/s1. The summed E-state index contributed by atoms with van der Waals surface area (Å²) in [6.07, 6.45) is 2.50. The summed E-state index contributed by atoms with van der Waals surface area (Å²) in [4.78, 5) is 37.7. The normalized spacial score (nSPS) is 14.1. The van der Waals surface area contributed by atoms with Crippen LogP contribution in [0, 0.1) is 0 Å². The van der Waals surface area contributed by atoms with Gasteiger partial charge in [0, 0.05) is 12.5 Å². The van der Waals surface area contributed by atoms with Gasteiger partial charge in [0.15, 0.2) is 17.3 Å². The number of anilines is 1. The van der Waals surface area contributed by atoms with Gasteiger partial charge in [-0.1, -0.05) is 6.07 Å². The summed E-state index contributed by atoms with van der Waals surface area (Å²) in [7, 11) is 4.60. The first-order valence-corrected chi connectivity index (χ1v) is 11.0. The van der Waals surface area contributed by atoms with Gasteiger partial charge < -0.3 is 29.3 Å². The lowest BCUT2D eigenvalue weighted by molar-refractivity contribution is -0.119. The van der Waals surface area contributed by atoms with Gasteiger partial charge >= 0.3 is 0 Å². The van der Waals surface area contributed by atoms with Gasteiger partial charge in [-0.15, -0.1) is 0 Å². The number of hydrogen-bond acceptors (Lipinski definition) is 7. The molecular formula is C26H26N2O7. The van der Waals surface area contributed by atoms with Crippen LogP contribution in [-0.4, -0.2) is 33.1 Å². The lowest BCUT2D eigenvalue weighted by atomic mass is 9.95. The molecule has 1 aromatic heterocycles. The van der Waals surface area contributed by atoms with E-state index >= 15 is 0 Å². The van der Waals surface area contributed by atoms with Crippen LogP contribution in [0.5, 0.6) is 17.2 Å². The molecule has 35 heavy (non-hydrogen) atoms. The first-order chi connectivity index (χ1) is 16.9. The van der Waals surface area contributed by atoms with Crippen LogP contribution in [0.25, 0.3) is 11.1 Å². The minimum Gasteiger partial charge on any atom is -0.493 e. The van der Waals surface area contributed by atoms with E-state index in [4.69, 9.17) is 18.6 Å². The van der Waals surface area contributed by atoms with Crippen molar-refractivity contribution in [2.24, 2.45) is 0 Å². The highest BCUT2D eigenvalue weighted by Crippen LogP contribution is 2.50. The Bertz CT molecular complexity index is 1330. The molecule has 4 rings (SSSR count). The number of furan rings is 1. The SMILES string of the molecule is COc1cc2c(c(OC)c1OC)-c1ccc(NC(=O)c3ccco3)c(=O)cc1[C@H](NC(C)=O)CC2. The van der Waals surface area contributed by atoms with E-state index in [2.05, 4.69) is 10.6 Å². The van der Waals surface area contributed by atoms with E-state index < -0.39 is 17.4 Å². The second-order valence-electron chi connectivity index (χ2n) is 8.03. The number of aryl methyl sites for hydroxylation is 1. The highest BCUT2D eigenvalue weighted by atomic mass is 16.5. The van der Waals surface area contributed by atoms with E-state index in [0.29, 0.717) is 41.2 Å². The number of rotatable bonds is 6. The summed E-state index contributed by atoms with van der Waals surface area (Å²) in [5.41, 5.74) is 2.57. The predicted octanol–water partition coefficient (Wildman–Crippen LogP) is 3.71. The fraction of sp³-hybridized carbons (Fsp3) is 0.269. The van der Waals surface area contributed by atoms with E-state index in [1.165, 1.54) is 45.6 Å². The predicted molar refractivity (Wildman–Crippen MR) is 129 cm³/mol. The summed E-state index contributed by atoms with van der Waals surface area (Å²) in [5, 5.41) is 5.56. The third kappa shape index (κ3) is 4.57. The third-order valence-electron chi connectivity index (χ3n) is 5.91. The van der Waals surface area contributed by atoms with E-state index in [9.17, 15) is 14.4 Å². The number of amides is 2. The highest BCUT2D eigenvalue weighted by Gasteiger charge is 2.29. The number of carbonyl (C=O) groups excluding carboxylic acids is 2. The smallest absolute Gasteiger partial charge is 0.291 e. The average molecular weight is 479 g/mol. The van der Waals surface area contributed by atoms with Gasteiger partial charge in [-0.25, -0.2) is 0 Å². The molecule has 1 aliphatic carbocycles. The second kappa shape index (κ2) is 9.92. The maximum atomic E-state index is 13.2. The van der Waals surface area contributed by atoms with Gasteiger partial charge in [0.1, 0.15) is 0 Å². The fourth-order valence-electron chi connectivity index (χ4n) is 4.40. The molecule has 3 aromatic rings. The number of benzene rings is 1. The van der Waals surface area contributed by atoms with E-state index in [0.717, 1.165) is 11.1 Å². The first-order valence-electron chi connectivity index (χ1n) is 11.0. The molecule has 0 spiro atoms. The lowest BCUT2D eigenvalue weighted by Gasteiger charge is -2.19. The van der Waals surface area contributed by atoms with Crippen LogP contribution < -0.4 is 30.3 Å². The topological polar surface area (TPSA) is 116 Å². The van der Waals surface area contributed by atoms with Crippen LogP contribution in [0.4, 0.5) is 5.69 Å². The van der Waals surface area contributed by atoms with E-state index in [-0.39, 0.29) is 17.4 Å². The van der Waals surface area contributed by atoms with Crippen molar-refractivity contribution in [1.82, 2.24) is 5.32 Å². The Kier molecular flexibility index (Phi) is 6.77. The molecule has 9 heteroatoms. The molecule has 9 nitrogen and oxygen atoms in total. The van der Waals surface area contributed by atoms with Gasteiger partial charge in [-0.2, -0.15) is 0 Å². The van der Waals surface area contributed by atoms with Crippen molar-refractivity contribution in [2.75, 3.05) is 26.6 Å². The Labute approximate surface area is 202 Å². The van der Waals surface area contributed by atoms with Crippen molar-refractivity contribution in [3.63, 3.8) is 0 Å². The number of methoxy groups -OCH3 is 3. The van der Waals surface area contributed by atoms with Crippen molar-refractivity contribution in [1.29, 1.82) is 0 Å². The molecule has 0 bridgehead atoms. The Hall–Kier alpha value is -4.27. The molecule has 2 aromatic carbocycles. The molecule has 0 saturated carbocycles. The lowest BCUT2D eigenvalue weighted by Crippen LogP contribution is -2.26. The molecule has 0 aliphatic heterocycles. The van der Waals surface area contributed by atoms with E-state index in [1.807, 2.05) is 6.07 Å². The molecular weight excluding hydrogens is 452 g/mol. The zero-order valence-corrected chi connectivity index (χ0v) is 19.9. The summed E-state index contributed by atoms with van der Waals surface area (Å²) in [5.74, 6) is 0.691. The molecule has 0 unspecified atom stereocenters. The molecule has 0 radical (unpaired) electrons. The van der Waals surface area contributed by atoms with Crippen molar-refractivity contribution in [3.05, 3.63) is 69.8 Å². The molecule has 1 atom stereocenters. The molecule has 2 amide bonds. The molecule has 182 valence electrons. The van der Waals surface area contributed by atoms with Crippen LogP contribution in [-0.2, 0) is 11.2 Å². The van der Waals surface area contributed by atoms with E-state index in [1.54, 1.807) is 19.2 Å². The van der Waals surface area contributed by atoms with Crippen LogP contribution in [0.2, 0.25) is 0 Å². The molecule has 1 aliphatic rings.